The second-order valence-corrected chi connectivity index (χ2v) is 8.91. The van der Waals surface area contributed by atoms with Gasteiger partial charge in [0.15, 0.2) is 0 Å². The van der Waals surface area contributed by atoms with E-state index in [2.05, 4.69) is 9.97 Å². The number of rotatable bonds is 7. The summed E-state index contributed by atoms with van der Waals surface area (Å²) in [5, 5.41) is 12.3. The average Bonchev–Trinajstić information content (AvgIpc) is 3.42. The predicted octanol–water partition coefficient (Wildman–Crippen LogP) is 5.28. The standard InChI is InChI=1S/C29H27N3O4/c1-3-13-36-24-11-10-20(14-18(24)2)27(33)25-26(22-16-31-23-9-5-4-8-21(22)23)32(29(35)28(25)34)17-19-7-6-12-30-15-19/h4-12,14-16,26,31,33H,3,13,17H2,1-2H3/b27-25+. The fraction of sp³-hybridized carbons (Fsp3) is 0.207. The molecular weight excluding hydrogens is 454 g/mol. The van der Waals surface area contributed by atoms with Crippen LogP contribution in [-0.4, -0.2) is 38.3 Å². The molecule has 1 atom stereocenters. The molecule has 1 saturated heterocycles. The largest absolute Gasteiger partial charge is 0.507 e. The molecule has 1 fully saturated rings. The highest BCUT2D eigenvalue weighted by Crippen LogP contribution is 2.43. The zero-order valence-corrected chi connectivity index (χ0v) is 20.2. The lowest BCUT2D eigenvalue weighted by Gasteiger charge is -2.25. The number of ether oxygens (including phenoxy) is 1. The summed E-state index contributed by atoms with van der Waals surface area (Å²) in [6.45, 7) is 4.69. The summed E-state index contributed by atoms with van der Waals surface area (Å²) in [5.41, 5.74) is 3.77. The Morgan fingerprint density at radius 2 is 1.97 bits per heavy atom. The zero-order valence-electron chi connectivity index (χ0n) is 20.2. The molecule has 3 heterocycles. The minimum Gasteiger partial charge on any atom is -0.507 e. The van der Waals surface area contributed by atoms with Crippen molar-refractivity contribution in [2.45, 2.75) is 32.9 Å². The number of carbonyl (C=O) groups excluding carboxylic acids is 2. The molecule has 7 heteroatoms. The molecule has 0 spiro atoms. The minimum atomic E-state index is -0.766. The molecule has 0 saturated carbocycles. The Kier molecular flexibility index (Phi) is 6.29. The Hall–Kier alpha value is -4.39. The summed E-state index contributed by atoms with van der Waals surface area (Å²) < 4.78 is 5.76. The minimum absolute atomic E-state index is 0.0651. The van der Waals surface area contributed by atoms with E-state index >= 15 is 0 Å². The van der Waals surface area contributed by atoms with Crippen molar-refractivity contribution in [3.63, 3.8) is 0 Å². The maximum absolute atomic E-state index is 13.4. The number of H-pyrrole nitrogens is 1. The second kappa shape index (κ2) is 9.70. The molecule has 7 nitrogen and oxygen atoms in total. The SMILES string of the molecule is CCCOc1ccc(/C(O)=C2\C(=O)C(=O)N(Cc3cccnc3)C2c2c[nH]c3ccccc23)cc1C. The number of hydrogen-bond acceptors (Lipinski definition) is 5. The lowest BCUT2D eigenvalue weighted by atomic mass is 9.94. The number of aromatic amines is 1. The zero-order chi connectivity index (χ0) is 25.2. The molecule has 0 radical (unpaired) electrons. The van der Waals surface area contributed by atoms with E-state index in [0.717, 1.165) is 39.8 Å². The van der Waals surface area contributed by atoms with Gasteiger partial charge in [0.05, 0.1) is 18.2 Å². The number of aliphatic hydroxyl groups is 1. The van der Waals surface area contributed by atoms with Crippen molar-refractivity contribution in [3.8, 4) is 5.75 Å². The molecule has 2 aromatic heterocycles. The quantitative estimate of drug-likeness (QED) is 0.213. The molecule has 1 amide bonds. The summed E-state index contributed by atoms with van der Waals surface area (Å²) in [5.74, 6) is -0.855. The van der Waals surface area contributed by atoms with Crippen LogP contribution in [-0.2, 0) is 16.1 Å². The van der Waals surface area contributed by atoms with Gasteiger partial charge < -0.3 is 19.7 Å². The number of aromatic nitrogens is 2. The van der Waals surface area contributed by atoms with Gasteiger partial charge in [-0.2, -0.15) is 0 Å². The van der Waals surface area contributed by atoms with Gasteiger partial charge in [0, 0.05) is 47.2 Å². The third-order valence-corrected chi connectivity index (χ3v) is 6.44. The van der Waals surface area contributed by atoms with Gasteiger partial charge in [0.25, 0.3) is 11.7 Å². The summed E-state index contributed by atoms with van der Waals surface area (Å²) in [6.07, 6.45) is 6.01. The molecule has 4 aromatic rings. The molecule has 0 aliphatic carbocycles. The normalized spacial score (nSPS) is 17.2. The predicted molar refractivity (Wildman–Crippen MR) is 137 cm³/mol. The molecule has 2 N–H and O–H groups in total. The number of hydrogen-bond donors (Lipinski definition) is 2. The summed E-state index contributed by atoms with van der Waals surface area (Å²) >= 11 is 0. The Labute approximate surface area is 209 Å². The van der Waals surface area contributed by atoms with Crippen molar-refractivity contribution >= 4 is 28.4 Å². The Balaban J connectivity index is 1.65. The van der Waals surface area contributed by atoms with E-state index in [0.29, 0.717) is 12.2 Å². The number of aliphatic hydroxyl groups excluding tert-OH is 1. The van der Waals surface area contributed by atoms with Crippen molar-refractivity contribution < 1.29 is 19.4 Å². The highest BCUT2D eigenvalue weighted by molar-refractivity contribution is 6.46. The van der Waals surface area contributed by atoms with Crippen LogP contribution in [0, 0.1) is 6.92 Å². The third-order valence-electron chi connectivity index (χ3n) is 6.44. The monoisotopic (exact) mass is 481 g/mol. The number of Topliss-reactive ketones (excluding diaryl/α,β-unsaturated/α-hetero) is 1. The molecule has 0 bridgehead atoms. The van der Waals surface area contributed by atoms with Gasteiger partial charge in [0.1, 0.15) is 11.5 Å². The molecule has 1 aliphatic rings. The Morgan fingerprint density at radius 3 is 2.72 bits per heavy atom. The van der Waals surface area contributed by atoms with Crippen LogP contribution in [0.1, 0.15) is 41.6 Å². The number of nitrogens with zero attached hydrogens (tertiary/aromatic N) is 2. The first-order valence-corrected chi connectivity index (χ1v) is 12.0. The number of nitrogens with one attached hydrogen (secondary N) is 1. The van der Waals surface area contributed by atoms with Crippen molar-refractivity contribution in [2.75, 3.05) is 6.61 Å². The number of aryl methyl sites for hydroxylation is 1. The van der Waals surface area contributed by atoms with Gasteiger partial charge in [-0.15, -0.1) is 0 Å². The number of carbonyl (C=O) groups is 2. The van der Waals surface area contributed by atoms with E-state index in [4.69, 9.17) is 4.74 Å². The lowest BCUT2D eigenvalue weighted by Crippen LogP contribution is -2.29. The fourth-order valence-electron chi connectivity index (χ4n) is 4.70. The first-order valence-electron chi connectivity index (χ1n) is 12.0. The van der Waals surface area contributed by atoms with E-state index < -0.39 is 17.7 Å². The van der Waals surface area contributed by atoms with Crippen LogP contribution in [0.5, 0.6) is 5.75 Å². The van der Waals surface area contributed by atoms with Crippen molar-refractivity contribution in [1.82, 2.24) is 14.9 Å². The lowest BCUT2D eigenvalue weighted by molar-refractivity contribution is -0.140. The Bertz CT molecular complexity index is 1470. The molecular formula is C29H27N3O4. The van der Waals surface area contributed by atoms with Crippen LogP contribution in [0.2, 0.25) is 0 Å². The highest BCUT2D eigenvalue weighted by atomic mass is 16.5. The van der Waals surface area contributed by atoms with Crippen molar-refractivity contribution in [1.29, 1.82) is 0 Å². The number of amides is 1. The van der Waals surface area contributed by atoms with Crippen LogP contribution in [0.15, 0.2) is 78.8 Å². The number of fused-ring (bicyclic) bond motifs is 1. The van der Waals surface area contributed by atoms with Crippen LogP contribution < -0.4 is 4.74 Å². The number of ketones is 1. The Morgan fingerprint density at radius 1 is 1.14 bits per heavy atom. The summed E-state index contributed by atoms with van der Waals surface area (Å²) in [6, 6.07) is 15.9. The van der Waals surface area contributed by atoms with Gasteiger partial charge in [0.2, 0.25) is 0 Å². The van der Waals surface area contributed by atoms with E-state index in [-0.39, 0.29) is 17.9 Å². The summed E-state index contributed by atoms with van der Waals surface area (Å²) in [7, 11) is 0. The average molecular weight is 482 g/mol. The number of para-hydroxylation sites is 1. The number of likely N-dealkylation sites (tertiary alicyclic amines) is 1. The van der Waals surface area contributed by atoms with Gasteiger partial charge in [-0.25, -0.2) is 0 Å². The third kappa shape index (κ3) is 4.13. The van der Waals surface area contributed by atoms with E-state index in [1.165, 1.54) is 4.90 Å². The maximum atomic E-state index is 13.4. The first-order chi connectivity index (χ1) is 17.5. The molecule has 1 aliphatic heterocycles. The van der Waals surface area contributed by atoms with Crippen molar-refractivity contribution in [3.05, 3.63) is 101 Å². The van der Waals surface area contributed by atoms with Gasteiger partial charge in [-0.3, -0.25) is 14.6 Å². The van der Waals surface area contributed by atoms with Gasteiger partial charge in [-0.05, 0) is 54.8 Å². The molecule has 36 heavy (non-hydrogen) atoms. The van der Waals surface area contributed by atoms with Crippen LogP contribution in [0.3, 0.4) is 0 Å². The number of pyridine rings is 1. The van der Waals surface area contributed by atoms with Crippen LogP contribution >= 0.6 is 0 Å². The summed E-state index contributed by atoms with van der Waals surface area (Å²) in [4.78, 5) is 35.6. The van der Waals surface area contributed by atoms with Crippen molar-refractivity contribution in [2.24, 2.45) is 0 Å². The van der Waals surface area contributed by atoms with Crippen LogP contribution in [0.25, 0.3) is 16.7 Å². The van der Waals surface area contributed by atoms with E-state index in [1.54, 1.807) is 42.9 Å². The molecule has 5 rings (SSSR count). The smallest absolute Gasteiger partial charge is 0.295 e. The highest BCUT2D eigenvalue weighted by Gasteiger charge is 2.46. The first kappa shape index (κ1) is 23.4. The van der Waals surface area contributed by atoms with E-state index in [1.807, 2.05) is 44.2 Å². The van der Waals surface area contributed by atoms with Crippen LogP contribution in [0.4, 0.5) is 0 Å². The fourth-order valence-corrected chi connectivity index (χ4v) is 4.70. The van der Waals surface area contributed by atoms with Gasteiger partial charge in [-0.1, -0.05) is 31.2 Å². The topological polar surface area (TPSA) is 95.5 Å². The van der Waals surface area contributed by atoms with Gasteiger partial charge >= 0.3 is 0 Å². The second-order valence-electron chi connectivity index (χ2n) is 8.91. The van der Waals surface area contributed by atoms with E-state index in [9.17, 15) is 14.7 Å². The molecule has 2 aromatic carbocycles. The molecule has 1 unspecified atom stereocenters. The maximum Gasteiger partial charge on any atom is 0.295 e. The molecule has 182 valence electrons. The number of benzene rings is 2.